The third kappa shape index (κ3) is 2.55. The second-order valence-electron chi connectivity index (χ2n) is 5.95. The van der Waals surface area contributed by atoms with Gasteiger partial charge in [-0.3, -0.25) is 10.1 Å². The molecule has 0 unspecified atom stereocenters. The van der Waals surface area contributed by atoms with E-state index in [2.05, 4.69) is 23.9 Å². The summed E-state index contributed by atoms with van der Waals surface area (Å²) in [5, 5.41) is 11.1. The van der Waals surface area contributed by atoms with Crippen LogP contribution in [0.2, 0.25) is 0 Å². The van der Waals surface area contributed by atoms with Gasteiger partial charge in [0.05, 0.1) is 11.5 Å². The molecular formula is C15H21N3O3. The van der Waals surface area contributed by atoms with Gasteiger partial charge in [-0.2, -0.15) is 0 Å². The van der Waals surface area contributed by atoms with E-state index in [1.807, 2.05) is 6.07 Å². The lowest BCUT2D eigenvalue weighted by Gasteiger charge is -2.37. The Bertz CT molecular complexity index is 551. The highest BCUT2D eigenvalue weighted by molar-refractivity contribution is 5.68. The Morgan fingerprint density at radius 2 is 2.05 bits per heavy atom. The van der Waals surface area contributed by atoms with Crippen molar-refractivity contribution in [3.8, 4) is 5.75 Å². The minimum absolute atomic E-state index is 0.0921. The van der Waals surface area contributed by atoms with Gasteiger partial charge >= 0.3 is 5.69 Å². The zero-order valence-electron chi connectivity index (χ0n) is 12.5. The number of rotatable bonds is 3. The fourth-order valence-corrected chi connectivity index (χ4v) is 3.33. The summed E-state index contributed by atoms with van der Waals surface area (Å²) in [5.74, 6) is 0.479. The average molecular weight is 291 g/mol. The predicted octanol–water partition coefficient (Wildman–Crippen LogP) is 2.06. The lowest BCUT2D eigenvalue weighted by molar-refractivity contribution is -0.385. The van der Waals surface area contributed by atoms with Crippen LogP contribution in [0.4, 0.5) is 11.4 Å². The summed E-state index contributed by atoms with van der Waals surface area (Å²) in [6.45, 7) is 2.53. The van der Waals surface area contributed by atoms with Gasteiger partial charge < -0.3 is 14.5 Å². The molecule has 2 aliphatic rings. The Morgan fingerprint density at radius 3 is 2.67 bits per heavy atom. The summed E-state index contributed by atoms with van der Waals surface area (Å²) in [5.41, 5.74) is 2.22. The monoisotopic (exact) mass is 291 g/mol. The molecule has 114 valence electrons. The maximum atomic E-state index is 11.1. The quantitative estimate of drug-likeness (QED) is 0.630. The predicted molar refractivity (Wildman–Crippen MR) is 81.2 cm³/mol. The number of anilines is 1. The molecule has 21 heavy (non-hydrogen) atoms. The van der Waals surface area contributed by atoms with E-state index in [0.29, 0.717) is 18.4 Å². The lowest BCUT2D eigenvalue weighted by Crippen LogP contribution is -2.42. The van der Waals surface area contributed by atoms with Gasteiger partial charge in [0.1, 0.15) is 0 Å². The van der Waals surface area contributed by atoms with E-state index < -0.39 is 0 Å². The van der Waals surface area contributed by atoms with Gasteiger partial charge in [0, 0.05) is 42.9 Å². The molecule has 1 aromatic carbocycles. The fraction of sp³-hybridized carbons (Fsp3) is 0.600. The van der Waals surface area contributed by atoms with Crippen molar-refractivity contribution in [2.75, 3.05) is 38.7 Å². The molecule has 1 fully saturated rings. The highest BCUT2D eigenvalue weighted by atomic mass is 16.6. The molecule has 1 aromatic rings. The Labute approximate surface area is 124 Å². The van der Waals surface area contributed by atoms with Crippen molar-refractivity contribution in [1.29, 1.82) is 0 Å². The van der Waals surface area contributed by atoms with Crippen LogP contribution in [0.5, 0.6) is 5.75 Å². The number of benzene rings is 1. The van der Waals surface area contributed by atoms with E-state index >= 15 is 0 Å². The van der Waals surface area contributed by atoms with Gasteiger partial charge in [-0.25, -0.2) is 0 Å². The van der Waals surface area contributed by atoms with Crippen molar-refractivity contribution < 1.29 is 9.66 Å². The first-order valence-electron chi connectivity index (χ1n) is 7.42. The molecule has 0 aromatic heterocycles. The molecule has 1 saturated heterocycles. The van der Waals surface area contributed by atoms with Crippen LogP contribution in [-0.4, -0.2) is 49.7 Å². The number of piperidine rings is 1. The summed E-state index contributed by atoms with van der Waals surface area (Å²) in [6.07, 6.45) is 3.01. The Morgan fingerprint density at radius 1 is 1.33 bits per heavy atom. The van der Waals surface area contributed by atoms with E-state index in [-0.39, 0.29) is 10.6 Å². The first-order valence-corrected chi connectivity index (χ1v) is 7.42. The molecule has 0 amide bonds. The molecule has 6 nitrogen and oxygen atoms in total. The molecule has 0 N–H and O–H groups in total. The maximum absolute atomic E-state index is 11.1. The highest BCUT2D eigenvalue weighted by Crippen LogP contribution is 2.41. The highest BCUT2D eigenvalue weighted by Gasteiger charge is 2.30. The van der Waals surface area contributed by atoms with Crippen LogP contribution in [0.15, 0.2) is 12.1 Å². The van der Waals surface area contributed by atoms with Crippen molar-refractivity contribution in [3.63, 3.8) is 0 Å². The topological polar surface area (TPSA) is 58.9 Å². The number of nitro benzene ring substituents is 1. The number of nitrogens with zero attached hydrogens (tertiary/aromatic N) is 3. The van der Waals surface area contributed by atoms with E-state index in [4.69, 9.17) is 4.74 Å². The molecular weight excluding hydrogens is 270 g/mol. The van der Waals surface area contributed by atoms with Crippen LogP contribution in [0.25, 0.3) is 0 Å². The van der Waals surface area contributed by atoms with Gasteiger partial charge in [0.25, 0.3) is 0 Å². The van der Waals surface area contributed by atoms with Gasteiger partial charge in [-0.15, -0.1) is 0 Å². The van der Waals surface area contributed by atoms with E-state index in [1.54, 1.807) is 6.07 Å². The lowest BCUT2D eigenvalue weighted by atomic mass is 10.0. The van der Waals surface area contributed by atoms with Gasteiger partial charge in [-0.1, -0.05) is 0 Å². The van der Waals surface area contributed by atoms with Gasteiger partial charge in [0.15, 0.2) is 0 Å². The Hall–Kier alpha value is -1.82. The van der Waals surface area contributed by atoms with Crippen LogP contribution in [0.1, 0.15) is 18.4 Å². The van der Waals surface area contributed by atoms with Crippen molar-refractivity contribution >= 4 is 11.4 Å². The maximum Gasteiger partial charge on any atom is 0.311 e. The molecule has 0 bridgehead atoms. The fourth-order valence-electron chi connectivity index (χ4n) is 3.33. The third-order valence-electron chi connectivity index (χ3n) is 4.55. The van der Waals surface area contributed by atoms with Crippen molar-refractivity contribution in [2.24, 2.45) is 0 Å². The third-order valence-corrected chi connectivity index (χ3v) is 4.55. The number of nitro groups is 1. The molecule has 0 aliphatic carbocycles. The summed E-state index contributed by atoms with van der Waals surface area (Å²) in [6, 6.07) is 4.10. The van der Waals surface area contributed by atoms with Crippen LogP contribution in [0, 0.1) is 10.1 Å². The van der Waals surface area contributed by atoms with Crippen LogP contribution < -0.4 is 9.64 Å². The van der Waals surface area contributed by atoms with E-state index in [1.165, 1.54) is 0 Å². The van der Waals surface area contributed by atoms with Crippen molar-refractivity contribution in [3.05, 3.63) is 27.8 Å². The van der Waals surface area contributed by atoms with E-state index in [0.717, 1.165) is 43.6 Å². The number of hydrogen-bond acceptors (Lipinski definition) is 5. The molecule has 6 heteroatoms. The summed E-state index contributed by atoms with van der Waals surface area (Å²) in [7, 11) is 4.25. The van der Waals surface area contributed by atoms with Gasteiger partial charge in [0.2, 0.25) is 5.75 Å². The van der Waals surface area contributed by atoms with Gasteiger partial charge in [-0.05, 0) is 33.0 Å². The van der Waals surface area contributed by atoms with Crippen LogP contribution in [-0.2, 0) is 6.42 Å². The first kappa shape index (κ1) is 14.1. The Kier molecular flexibility index (Phi) is 3.71. The largest absolute Gasteiger partial charge is 0.486 e. The molecule has 2 aliphatic heterocycles. The molecule has 0 saturated carbocycles. The van der Waals surface area contributed by atoms with Crippen molar-refractivity contribution in [2.45, 2.75) is 25.3 Å². The zero-order valence-corrected chi connectivity index (χ0v) is 12.5. The molecule has 0 radical (unpaired) electrons. The number of hydrogen-bond donors (Lipinski definition) is 0. The molecule has 2 heterocycles. The first-order chi connectivity index (χ1) is 10.1. The molecule has 3 rings (SSSR count). The van der Waals surface area contributed by atoms with Crippen LogP contribution >= 0.6 is 0 Å². The Balaban J connectivity index is 1.84. The summed E-state index contributed by atoms with van der Waals surface area (Å²) < 4.78 is 5.51. The van der Waals surface area contributed by atoms with Crippen molar-refractivity contribution in [1.82, 2.24) is 4.90 Å². The second kappa shape index (κ2) is 5.52. The summed E-state index contributed by atoms with van der Waals surface area (Å²) in [4.78, 5) is 15.3. The standard InChI is InChI=1S/C15H21N3O3/c1-16(2)11-5-8-17(9-6-11)13-3-4-14(18(19)20)15-12(13)7-10-21-15/h3-4,11H,5-10H2,1-2H3. The summed E-state index contributed by atoms with van der Waals surface area (Å²) >= 11 is 0. The second-order valence-corrected chi connectivity index (χ2v) is 5.95. The average Bonchev–Trinajstić information content (AvgIpc) is 2.95. The minimum atomic E-state index is -0.355. The smallest absolute Gasteiger partial charge is 0.311 e. The SMILES string of the molecule is CN(C)C1CCN(c2ccc([N+](=O)[O-])c3c2CCO3)CC1. The normalized spacial score (nSPS) is 18.7. The number of ether oxygens (including phenoxy) is 1. The van der Waals surface area contributed by atoms with Crippen LogP contribution in [0.3, 0.4) is 0 Å². The zero-order chi connectivity index (χ0) is 15.0. The van der Waals surface area contributed by atoms with E-state index in [9.17, 15) is 10.1 Å². The molecule has 0 atom stereocenters. The minimum Gasteiger partial charge on any atom is -0.486 e. The molecule has 0 spiro atoms. The number of fused-ring (bicyclic) bond motifs is 1.